The van der Waals surface area contributed by atoms with Gasteiger partial charge in [-0.15, -0.1) is 0 Å². The molecule has 0 saturated heterocycles. The molecule has 1 aliphatic carbocycles. The minimum atomic E-state index is -0.405. The largest absolute Gasteiger partial charge is 0.489 e. The Balaban J connectivity index is 1.79. The second kappa shape index (κ2) is 5.54. The first-order chi connectivity index (χ1) is 9.65. The molecule has 0 heterocycles. The van der Waals surface area contributed by atoms with Gasteiger partial charge in [0.2, 0.25) is 0 Å². The lowest BCUT2D eigenvalue weighted by molar-refractivity contribution is 0.180. The Bertz CT molecular complexity index is 642. The molecule has 0 fully saturated rings. The first kappa shape index (κ1) is 13.6. The number of hydrogen-bond donors (Lipinski definition) is 1. The van der Waals surface area contributed by atoms with Crippen LogP contribution in [0.1, 0.15) is 29.2 Å². The fourth-order valence-corrected chi connectivity index (χ4v) is 2.86. The molecule has 1 unspecified atom stereocenters. The predicted molar refractivity (Wildman–Crippen MR) is 78.2 cm³/mol. The first-order valence-electron chi connectivity index (χ1n) is 6.52. The van der Waals surface area contributed by atoms with Crippen LogP contribution in [0.3, 0.4) is 0 Å². The summed E-state index contributed by atoms with van der Waals surface area (Å²) in [6.45, 7) is 0.186. The SMILES string of the molecule is OC1CCc2c(OCc3ccc(Br)cc3F)cccc21. The number of halogens is 2. The molecule has 0 spiro atoms. The fourth-order valence-electron chi connectivity index (χ4n) is 2.53. The Kier molecular flexibility index (Phi) is 3.76. The van der Waals surface area contributed by atoms with Gasteiger partial charge in [0.05, 0.1) is 6.10 Å². The van der Waals surface area contributed by atoms with Gasteiger partial charge < -0.3 is 9.84 Å². The Morgan fingerprint density at radius 2 is 2.15 bits per heavy atom. The Morgan fingerprint density at radius 3 is 2.95 bits per heavy atom. The van der Waals surface area contributed by atoms with Crippen molar-refractivity contribution in [2.75, 3.05) is 0 Å². The molecule has 0 aromatic heterocycles. The quantitative estimate of drug-likeness (QED) is 0.912. The van der Waals surface area contributed by atoms with Crippen molar-refractivity contribution in [1.82, 2.24) is 0 Å². The number of aliphatic hydroxyl groups is 1. The van der Waals surface area contributed by atoms with Gasteiger partial charge in [-0.3, -0.25) is 0 Å². The monoisotopic (exact) mass is 336 g/mol. The predicted octanol–water partition coefficient (Wildman–Crippen LogP) is 4.15. The molecule has 3 rings (SSSR count). The van der Waals surface area contributed by atoms with Crippen LogP contribution in [-0.2, 0) is 13.0 Å². The molecule has 2 aromatic rings. The minimum Gasteiger partial charge on any atom is -0.489 e. The third-order valence-corrected chi connectivity index (χ3v) is 4.09. The zero-order chi connectivity index (χ0) is 14.1. The Morgan fingerprint density at radius 1 is 1.30 bits per heavy atom. The Labute approximate surface area is 125 Å². The summed E-state index contributed by atoms with van der Waals surface area (Å²) in [6.07, 6.45) is 1.12. The molecule has 1 N–H and O–H groups in total. The summed E-state index contributed by atoms with van der Waals surface area (Å²) in [5, 5.41) is 9.84. The van der Waals surface area contributed by atoms with Crippen LogP contribution in [-0.4, -0.2) is 5.11 Å². The zero-order valence-electron chi connectivity index (χ0n) is 10.8. The summed E-state index contributed by atoms with van der Waals surface area (Å²) in [7, 11) is 0. The average Bonchev–Trinajstić information content (AvgIpc) is 2.80. The third-order valence-electron chi connectivity index (χ3n) is 3.59. The minimum absolute atomic E-state index is 0.186. The fraction of sp³-hybridized carbons (Fsp3) is 0.250. The van der Waals surface area contributed by atoms with E-state index >= 15 is 0 Å². The van der Waals surface area contributed by atoms with Gasteiger partial charge in [0.1, 0.15) is 18.2 Å². The molecule has 0 saturated carbocycles. The van der Waals surface area contributed by atoms with Gasteiger partial charge in [-0.2, -0.15) is 0 Å². The van der Waals surface area contributed by atoms with Crippen molar-refractivity contribution in [2.24, 2.45) is 0 Å². The van der Waals surface area contributed by atoms with Crippen LogP contribution in [0.4, 0.5) is 4.39 Å². The van der Waals surface area contributed by atoms with Gasteiger partial charge in [0.15, 0.2) is 0 Å². The second-order valence-corrected chi connectivity index (χ2v) is 5.82. The van der Waals surface area contributed by atoms with E-state index in [1.807, 2.05) is 18.2 Å². The van der Waals surface area contributed by atoms with Crippen LogP contribution < -0.4 is 4.74 Å². The summed E-state index contributed by atoms with van der Waals surface area (Å²) in [4.78, 5) is 0. The van der Waals surface area contributed by atoms with Crippen molar-refractivity contribution in [3.05, 3.63) is 63.4 Å². The van der Waals surface area contributed by atoms with E-state index in [1.54, 1.807) is 12.1 Å². The molecule has 0 bridgehead atoms. The highest BCUT2D eigenvalue weighted by molar-refractivity contribution is 9.10. The molecule has 0 aliphatic heterocycles. The highest BCUT2D eigenvalue weighted by Gasteiger charge is 2.23. The summed E-state index contributed by atoms with van der Waals surface area (Å²) in [5.74, 6) is 0.452. The van der Waals surface area contributed by atoms with E-state index in [0.29, 0.717) is 10.0 Å². The van der Waals surface area contributed by atoms with Crippen LogP contribution in [0.2, 0.25) is 0 Å². The maximum Gasteiger partial charge on any atom is 0.130 e. The molecule has 104 valence electrons. The highest BCUT2D eigenvalue weighted by atomic mass is 79.9. The van der Waals surface area contributed by atoms with E-state index in [1.165, 1.54) is 6.07 Å². The van der Waals surface area contributed by atoms with Crippen LogP contribution in [0.15, 0.2) is 40.9 Å². The van der Waals surface area contributed by atoms with Crippen molar-refractivity contribution in [3.63, 3.8) is 0 Å². The molecule has 0 radical (unpaired) electrons. The average molecular weight is 337 g/mol. The molecule has 1 atom stereocenters. The second-order valence-electron chi connectivity index (χ2n) is 4.90. The van der Waals surface area contributed by atoms with Crippen molar-refractivity contribution in [1.29, 1.82) is 0 Å². The van der Waals surface area contributed by atoms with E-state index in [-0.39, 0.29) is 12.4 Å². The highest BCUT2D eigenvalue weighted by Crippen LogP contribution is 2.37. The molecule has 2 nitrogen and oxygen atoms in total. The standard InChI is InChI=1S/C16H14BrFO2/c17-11-5-4-10(14(18)8-11)9-20-16-3-1-2-12-13(16)6-7-15(12)19/h1-5,8,15,19H,6-7,9H2. The summed E-state index contributed by atoms with van der Waals surface area (Å²) in [6, 6.07) is 10.6. The summed E-state index contributed by atoms with van der Waals surface area (Å²) < 4.78 is 20.2. The van der Waals surface area contributed by atoms with E-state index in [2.05, 4.69) is 15.9 Å². The topological polar surface area (TPSA) is 29.5 Å². The molecule has 2 aromatic carbocycles. The van der Waals surface area contributed by atoms with Crippen molar-refractivity contribution < 1.29 is 14.2 Å². The van der Waals surface area contributed by atoms with Gasteiger partial charge in [-0.05, 0) is 36.6 Å². The first-order valence-corrected chi connectivity index (χ1v) is 7.31. The van der Waals surface area contributed by atoms with Crippen LogP contribution >= 0.6 is 15.9 Å². The van der Waals surface area contributed by atoms with Crippen LogP contribution in [0, 0.1) is 5.82 Å². The maximum atomic E-state index is 13.7. The zero-order valence-corrected chi connectivity index (χ0v) is 12.4. The number of aliphatic hydroxyl groups excluding tert-OH is 1. The maximum absolute atomic E-state index is 13.7. The number of fused-ring (bicyclic) bond motifs is 1. The number of hydrogen-bond acceptors (Lipinski definition) is 2. The molecule has 20 heavy (non-hydrogen) atoms. The van der Waals surface area contributed by atoms with E-state index in [4.69, 9.17) is 4.74 Å². The van der Waals surface area contributed by atoms with Crippen molar-refractivity contribution in [2.45, 2.75) is 25.6 Å². The van der Waals surface area contributed by atoms with Gasteiger partial charge >= 0.3 is 0 Å². The van der Waals surface area contributed by atoms with Crippen LogP contribution in [0.5, 0.6) is 5.75 Å². The third kappa shape index (κ3) is 2.58. The van der Waals surface area contributed by atoms with E-state index in [0.717, 1.165) is 29.7 Å². The number of benzene rings is 2. The van der Waals surface area contributed by atoms with E-state index in [9.17, 15) is 9.50 Å². The Hall–Kier alpha value is -1.39. The van der Waals surface area contributed by atoms with Crippen molar-refractivity contribution in [3.8, 4) is 5.75 Å². The van der Waals surface area contributed by atoms with Gasteiger partial charge in [-0.25, -0.2) is 4.39 Å². The summed E-state index contributed by atoms with van der Waals surface area (Å²) >= 11 is 3.23. The van der Waals surface area contributed by atoms with Gasteiger partial charge in [0.25, 0.3) is 0 Å². The van der Waals surface area contributed by atoms with Gasteiger partial charge in [-0.1, -0.05) is 34.1 Å². The smallest absolute Gasteiger partial charge is 0.130 e. The lowest BCUT2D eigenvalue weighted by atomic mass is 10.1. The normalized spacial score (nSPS) is 17.1. The molecule has 1 aliphatic rings. The lowest BCUT2D eigenvalue weighted by Gasteiger charge is -2.12. The number of rotatable bonds is 3. The lowest BCUT2D eigenvalue weighted by Crippen LogP contribution is -2.01. The molecular weight excluding hydrogens is 323 g/mol. The van der Waals surface area contributed by atoms with Gasteiger partial charge in [0, 0.05) is 15.6 Å². The number of ether oxygens (including phenoxy) is 1. The molecular formula is C16H14BrFO2. The molecule has 0 amide bonds. The molecule has 4 heteroatoms. The summed E-state index contributed by atoms with van der Waals surface area (Å²) in [5.41, 5.74) is 2.49. The van der Waals surface area contributed by atoms with Crippen LogP contribution in [0.25, 0.3) is 0 Å². The van der Waals surface area contributed by atoms with E-state index < -0.39 is 6.10 Å². The van der Waals surface area contributed by atoms with Crippen molar-refractivity contribution >= 4 is 15.9 Å².